The Morgan fingerprint density at radius 3 is 2.00 bits per heavy atom. The molecule has 8 heteroatoms. The molecule has 2 N–H and O–H groups in total. The Kier molecular flexibility index (Phi) is 7.13. The third kappa shape index (κ3) is 5.99. The van der Waals surface area contributed by atoms with E-state index in [-0.39, 0.29) is 29.2 Å². The van der Waals surface area contributed by atoms with Crippen molar-refractivity contribution in [2.45, 2.75) is 12.8 Å². The third-order valence-electron chi connectivity index (χ3n) is 4.38. The molecular weight excluding hydrogens is 390 g/mol. The lowest BCUT2D eigenvalue weighted by atomic mass is 10.2. The van der Waals surface area contributed by atoms with E-state index < -0.39 is 0 Å². The van der Waals surface area contributed by atoms with Crippen LogP contribution >= 0.6 is 11.8 Å². The van der Waals surface area contributed by atoms with Crippen molar-refractivity contribution < 1.29 is 19.1 Å². The SMILES string of the molecule is COc1ccc(NC(=O)CSCC(=O)Nc2ccc(N3CCCC3=O)cc2)cc1. The summed E-state index contributed by atoms with van der Waals surface area (Å²) in [4.78, 5) is 37.6. The summed E-state index contributed by atoms with van der Waals surface area (Å²) >= 11 is 1.24. The van der Waals surface area contributed by atoms with Crippen LogP contribution in [0.4, 0.5) is 17.1 Å². The molecule has 3 rings (SSSR count). The van der Waals surface area contributed by atoms with Gasteiger partial charge in [-0.05, 0) is 55.0 Å². The number of nitrogens with zero attached hydrogens (tertiary/aromatic N) is 1. The summed E-state index contributed by atoms with van der Waals surface area (Å²) in [7, 11) is 1.58. The Balaban J connectivity index is 1.39. The van der Waals surface area contributed by atoms with E-state index in [4.69, 9.17) is 4.74 Å². The molecule has 0 aliphatic carbocycles. The van der Waals surface area contributed by atoms with E-state index in [1.165, 1.54) is 11.8 Å². The van der Waals surface area contributed by atoms with Crippen LogP contribution in [-0.2, 0) is 14.4 Å². The van der Waals surface area contributed by atoms with E-state index in [2.05, 4.69) is 10.6 Å². The summed E-state index contributed by atoms with van der Waals surface area (Å²) in [6.07, 6.45) is 1.46. The van der Waals surface area contributed by atoms with Gasteiger partial charge in [-0.2, -0.15) is 0 Å². The van der Waals surface area contributed by atoms with Crippen molar-refractivity contribution in [3.05, 3.63) is 48.5 Å². The Morgan fingerprint density at radius 1 is 0.966 bits per heavy atom. The second kappa shape index (κ2) is 9.97. The number of nitrogens with one attached hydrogen (secondary N) is 2. The standard InChI is InChI=1S/C21H23N3O4S/c1-28-18-10-6-16(7-11-18)23-20(26)14-29-13-19(25)22-15-4-8-17(9-5-15)24-12-2-3-21(24)27/h4-11H,2-3,12-14H2,1H3,(H,22,25)(H,23,26). The van der Waals surface area contributed by atoms with Gasteiger partial charge in [0.05, 0.1) is 18.6 Å². The van der Waals surface area contributed by atoms with E-state index in [1.54, 1.807) is 48.4 Å². The number of benzene rings is 2. The molecule has 0 radical (unpaired) electrons. The summed E-state index contributed by atoms with van der Waals surface area (Å²) in [5.41, 5.74) is 2.18. The zero-order valence-electron chi connectivity index (χ0n) is 16.1. The van der Waals surface area contributed by atoms with E-state index in [9.17, 15) is 14.4 Å². The van der Waals surface area contributed by atoms with Gasteiger partial charge in [0.1, 0.15) is 5.75 Å². The van der Waals surface area contributed by atoms with Crippen LogP contribution in [0, 0.1) is 0 Å². The van der Waals surface area contributed by atoms with Crippen LogP contribution in [0.3, 0.4) is 0 Å². The van der Waals surface area contributed by atoms with Gasteiger partial charge in [-0.25, -0.2) is 0 Å². The van der Waals surface area contributed by atoms with Gasteiger partial charge in [-0.15, -0.1) is 11.8 Å². The quantitative estimate of drug-likeness (QED) is 0.694. The first-order valence-electron chi connectivity index (χ1n) is 9.27. The maximum absolute atomic E-state index is 12.1. The van der Waals surface area contributed by atoms with Crippen LogP contribution in [0.25, 0.3) is 0 Å². The van der Waals surface area contributed by atoms with E-state index in [0.29, 0.717) is 23.5 Å². The number of amides is 3. The molecule has 0 aromatic heterocycles. The summed E-state index contributed by atoms with van der Waals surface area (Å²) in [5.74, 6) is 0.836. The van der Waals surface area contributed by atoms with Crippen LogP contribution in [-0.4, -0.2) is 42.9 Å². The number of carbonyl (C=O) groups excluding carboxylic acids is 3. The number of ether oxygens (including phenoxy) is 1. The lowest BCUT2D eigenvalue weighted by Crippen LogP contribution is -2.23. The molecule has 29 heavy (non-hydrogen) atoms. The summed E-state index contributed by atoms with van der Waals surface area (Å²) in [5, 5.41) is 5.57. The molecule has 2 aromatic rings. The van der Waals surface area contributed by atoms with Gasteiger partial charge >= 0.3 is 0 Å². The van der Waals surface area contributed by atoms with Gasteiger partial charge in [0, 0.05) is 30.0 Å². The van der Waals surface area contributed by atoms with E-state index >= 15 is 0 Å². The minimum Gasteiger partial charge on any atom is -0.497 e. The number of methoxy groups -OCH3 is 1. The van der Waals surface area contributed by atoms with Crippen molar-refractivity contribution in [1.82, 2.24) is 0 Å². The fraction of sp³-hybridized carbons (Fsp3) is 0.286. The molecule has 0 unspecified atom stereocenters. The van der Waals surface area contributed by atoms with Gasteiger partial charge in [0.2, 0.25) is 17.7 Å². The predicted octanol–water partition coefficient (Wildman–Crippen LogP) is 3.13. The number of rotatable bonds is 8. The van der Waals surface area contributed by atoms with Crippen molar-refractivity contribution in [1.29, 1.82) is 0 Å². The molecule has 1 saturated heterocycles. The summed E-state index contributed by atoms with van der Waals surface area (Å²) in [6.45, 7) is 0.736. The van der Waals surface area contributed by atoms with Crippen molar-refractivity contribution in [2.75, 3.05) is 40.7 Å². The molecule has 0 saturated carbocycles. The first-order valence-corrected chi connectivity index (χ1v) is 10.4. The molecule has 0 bridgehead atoms. The highest BCUT2D eigenvalue weighted by molar-refractivity contribution is 8.00. The van der Waals surface area contributed by atoms with Crippen molar-refractivity contribution in [2.24, 2.45) is 0 Å². The number of hydrogen-bond donors (Lipinski definition) is 2. The topological polar surface area (TPSA) is 87.7 Å². The van der Waals surface area contributed by atoms with Crippen LogP contribution in [0.15, 0.2) is 48.5 Å². The predicted molar refractivity (Wildman–Crippen MR) is 116 cm³/mol. The first kappa shape index (κ1) is 20.7. The molecule has 152 valence electrons. The van der Waals surface area contributed by atoms with Gasteiger partial charge in [0.25, 0.3) is 0 Å². The molecular formula is C21H23N3O4S. The molecule has 1 aliphatic rings. The minimum atomic E-state index is -0.183. The molecule has 1 heterocycles. The van der Waals surface area contributed by atoms with Crippen molar-refractivity contribution in [3.63, 3.8) is 0 Å². The smallest absolute Gasteiger partial charge is 0.234 e. The minimum absolute atomic E-state index is 0.131. The maximum atomic E-state index is 12.1. The molecule has 0 atom stereocenters. The lowest BCUT2D eigenvalue weighted by Gasteiger charge is -2.16. The summed E-state index contributed by atoms with van der Waals surface area (Å²) < 4.78 is 5.07. The third-order valence-corrected chi connectivity index (χ3v) is 5.31. The lowest BCUT2D eigenvalue weighted by molar-refractivity contribution is -0.117. The number of anilines is 3. The van der Waals surface area contributed by atoms with E-state index in [1.807, 2.05) is 12.1 Å². The Labute approximate surface area is 173 Å². The fourth-order valence-corrected chi connectivity index (χ4v) is 3.57. The molecule has 7 nitrogen and oxygen atoms in total. The van der Waals surface area contributed by atoms with Gasteiger partial charge in [0.15, 0.2) is 0 Å². The summed E-state index contributed by atoms with van der Waals surface area (Å²) in [6, 6.07) is 14.3. The van der Waals surface area contributed by atoms with Crippen LogP contribution in [0.2, 0.25) is 0 Å². The van der Waals surface area contributed by atoms with Crippen LogP contribution in [0.1, 0.15) is 12.8 Å². The zero-order valence-corrected chi connectivity index (χ0v) is 17.0. The average Bonchev–Trinajstić information content (AvgIpc) is 3.15. The number of thioether (sulfide) groups is 1. The average molecular weight is 413 g/mol. The number of hydrogen-bond acceptors (Lipinski definition) is 5. The Hall–Kier alpha value is -3.00. The Morgan fingerprint density at radius 2 is 1.52 bits per heavy atom. The Bertz CT molecular complexity index is 868. The van der Waals surface area contributed by atoms with Crippen LogP contribution < -0.4 is 20.3 Å². The molecule has 0 spiro atoms. The zero-order chi connectivity index (χ0) is 20.6. The normalized spacial score (nSPS) is 13.3. The van der Waals surface area contributed by atoms with Crippen LogP contribution in [0.5, 0.6) is 5.75 Å². The van der Waals surface area contributed by atoms with Crippen molar-refractivity contribution >= 4 is 46.5 Å². The monoisotopic (exact) mass is 413 g/mol. The fourth-order valence-electron chi connectivity index (χ4n) is 2.95. The highest BCUT2D eigenvalue weighted by Crippen LogP contribution is 2.23. The highest BCUT2D eigenvalue weighted by atomic mass is 32.2. The van der Waals surface area contributed by atoms with Crippen molar-refractivity contribution in [3.8, 4) is 5.75 Å². The maximum Gasteiger partial charge on any atom is 0.234 e. The molecule has 1 aliphatic heterocycles. The number of carbonyl (C=O) groups is 3. The van der Waals surface area contributed by atoms with Gasteiger partial charge < -0.3 is 20.3 Å². The molecule has 1 fully saturated rings. The molecule has 2 aromatic carbocycles. The van der Waals surface area contributed by atoms with E-state index in [0.717, 1.165) is 18.7 Å². The second-order valence-corrected chi connectivity index (χ2v) is 7.50. The first-order chi connectivity index (χ1) is 14.0. The largest absolute Gasteiger partial charge is 0.497 e. The highest BCUT2D eigenvalue weighted by Gasteiger charge is 2.21. The van der Waals surface area contributed by atoms with Gasteiger partial charge in [-0.1, -0.05) is 0 Å². The van der Waals surface area contributed by atoms with Gasteiger partial charge in [-0.3, -0.25) is 14.4 Å². The second-order valence-electron chi connectivity index (χ2n) is 6.51. The molecule has 3 amide bonds.